The van der Waals surface area contributed by atoms with E-state index in [1.54, 1.807) is 0 Å². The lowest BCUT2D eigenvalue weighted by atomic mass is 9.91. The standard InChI is InChI=1S/C18H22N4O/c1-13-4-6-14(7-5-13)11-15-3-2-10-22(12-15)18(23)16-17(19)21-9-8-20-16/h4-9,15H,2-3,10-12H2,1H3,(H2,19,21)/t15-/m1/s1. The van der Waals surface area contributed by atoms with Gasteiger partial charge in [-0.1, -0.05) is 29.8 Å². The molecule has 0 saturated carbocycles. The zero-order valence-electron chi connectivity index (χ0n) is 13.4. The monoisotopic (exact) mass is 310 g/mol. The van der Waals surface area contributed by atoms with Crippen LogP contribution in [0.1, 0.15) is 34.5 Å². The molecule has 1 aromatic heterocycles. The van der Waals surface area contributed by atoms with Crippen molar-refractivity contribution in [1.29, 1.82) is 0 Å². The Morgan fingerprint density at radius 1 is 1.26 bits per heavy atom. The van der Waals surface area contributed by atoms with Gasteiger partial charge in [0.15, 0.2) is 11.5 Å². The summed E-state index contributed by atoms with van der Waals surface area (Å²) < 4.78 is 0. The van der Waals surface area contributed by atoms with E-state index in [1.165, 1.54) is 23.5 Å². The first-order valence-electron chi connectivity index (χ1n) is 8.05. The number of anilines is 1. The van der Waals surface area contributed by atoms with E-state index in [0.717, 1.165) is 32.4 Å². The Hall–Kier alpha value is -2.43. The van der Waals surface area contributed by atoms with E-state index in [-0.39, 0.29) is 17.4 Å². The van der Waals surface area contributed by atoms with Crippen LogP contribution >= 0.6 is 0 Å². The Labute approximate surface area is 136 Å². The molecule has 2 N–H and O–H groups in total. The van der Waals surface area contributed by atoms with Crippen molar-refractivity contribution in [1.82, 2.24) is 14.9 Å². The van der Waals surface area contributed by atoms with E-state index in [9.17, 15) is 4.79 Å². The van der Waals surface area contributed by atoms with Crippen molar-refractivity contribution in [2.24, 2.45) is 5.92 Å². The maximum absolute atomic E-state index is 12.6. The predicted octanol–water partition coefficient (Wildman–Crippen LogP) is 2.46. The molecule has 1 fully saturated rings. The Bertz CT molecular complexity index is 684. The molecule has 0 spiro atoms. The van der Waals surface area contributed by atoms with Crippen LogP contribution in [0.2, 0.25) is 0 Å². The van der Waals surface area contributed by atoms with Gasteiger partial charge in [0.1, 0.15) is 0 Å². The largest absolute Gasteiger partial charge is 0.382 e. The fraction of sp³-hybridized carbons (Fsp3) is 0.389. The number of carbonyl (C=O) groups excluding carboxylic acids is 1. The number of likely N-dealkylation sites (tertiary alicyclic amines) is 1. The fourth-order valence-corrected chi connectivity index (χ4v) is 3.14. The highest BCUT2D eigenvalue weighted by Crippen LogP contribution is 2.22. The Balaban J connectivity index is 1.67. The first-order chi connectivity index (χ1) is 11.1. The molecule has 0 aliphatic carbocycles. The van der Waals surface area contributed by atoms with Crippen molar-refractivity contribution in [2.75, 3.05) is 18.8 Å². The summed E-state index contributed by atoms with van der Waals surface area (Å²) in [4.78, 5) is 22.5. The number of benzene rings is 1. The predicted molar refractivity (Wildman–Crippen MR) is 90.0 cm³/mol. The first kappa shape index (κ1) is 15.5. The SMILES string of the molecule is Cc1ccc(C[C@H]2CCCN(C(=O)c3nccnc3N)C2)cc1. The van der Waals surface area contributed by atoms with Gasteiger partial charge in [-0.25, -0.2) is 9.97 Å². The normalized spacial score (nSPS) is 18.0. The summed E-state index contributed by atoms with van der Waals surface area (Å²) in [6, 6.07) is 8.64. The molecule has 3 rings (SSSR count). The number of aryl methyl sites for hydroxylation is 1. The Morgan fingerprint density at radius 2 is 2.00 bits per heavy atom. The second-order valence-electron chi connectivity index (χ2n) is 6.24. The van der Waals surface area contributed by atoms with Crippen LogP contribution in [0.3, 0.4) is 0 Å². The Kier molecular flexibility index (Phi) is 4.55. The lowest BCUT2D eigenvalue weighted by Gasteiger charge is -2.32. The van der Waals surface area contributed by atoms with E-state index < -0.39 is 0 Å². The van der Waals surface area contributed by atoms with Gasteiger partial charge in [0.05, 0.1) is 0 Å². The van der Waals surface area contributed by atoms with Gasteiger partial charge < -0.3 is 10.6 Å². The van der Waals surface area contributed by atoms with E-state index in [1.807, 2.05) is 4.90 Å². The molecule has 5 nitrogen and oxygen atoms in total. The highest BCUT2D eigenvalue weighted by atomic mass is 16.2. The summed E-state index contributed by atoms with van der Waals surface area (Å²) >= 11 is 0. The van der Waals surface area contributed by atoms with Crippen molar-refractivity contribution >= 4 is 11.7 Å². The highest BCUT2D eigenvalue weighted by Gasteiger charge is 2.26. The summed E-state index contributed by atoms with van der Waals surface area (Å²) in [7, 11) is 0. The number of carbonyl (C=O) groups is 1. The van der Waals surface area contributed by atoms with Crippen molar-refractivity contribution in [2.45, 2.75) is 26.2 Å². The lowest BCUT2D eigenvalue weighted by molar-refractivity contribution is 0.0668. The van der Waals surface area contributed by atoms with Crippen molar-refractivity contribution in [3.63, 3.8) is 0 Å². The molecular weight excluding hydrogens is 288 g/mol. The smallest absolute Gasteiger partial charge is 0.276 e. The Morgan fingerprint density at radius 3 is 2.74 bits per heavy atom. The molecule has 2 aromatic rings. The highest BCUT2D eigenvalue weighted by molar-refractivity contribution is 5.96. The quantitative estimate of drug-likeness (QED) is 0.945. The zero-order chi connectivity index (χ0) is 16.2. The van der Waals surface area contributed by atoms with Crippen LogP contribution in [-0.2, 0) is 6.42 Å². The van der Waals surface area contributed by atoms with Gasteiger partial charge in [-0.2, -0.15) is 0 Å². The summed E-state index contributed by atoms with van der Waals surface area (Å²) in [5.74, 6) is 0.579. The maximum Gasteiger partial charge on any atom is 0.276 e. The van der Waals surface area contributed by atoms with Gasteiger partial charge in [0, 0.05) is 25.5 Å². The van der Waals surface area contributed by atoms with E-state index >= 15 is 0 Å². The number of hydrogen-bond acceptors (Lipinski definition) is 4. The molecule has 0 unspecified atom stereocenters. The third-order valence-electron chi connectivity index (χ3n) is 4.38. The van der Waals surface area contributed by atoms with Crippen molar-refractivity contribution in [3.05, 3.63) is 53.5 Å². The molecule has 5 heteroatoms. The van der Waals surface area contributed by atoms with E-state index in [2.05, 4.69) is 41.2 Å². The van der Waals surface area contributed by atoms with Crippen molar-refractivity contribution < 1.29 is 4.79 Å². The number of nitrogen functional groups attached to an aromatic ring is 1. The van der Waals surface area contributed by atoms with Crippen LogP contribution in [0.5, 0.6) is 0 Å². The summed E-state index contributed by atoms with van der Waals surface area (Å²) in [5.41, 5.74) is 8.64. The number of piperidine rings is 1. The molecule has 0 radical (unpaired) electrons. The summed E-state index contributed by atoms with van der Waals surface area (Å²) in [6.07, 6.45) is 6.18. The molecule has 1 amide bonds. The number of aromatic nitrogens is 2. The van der Waals surface area contributed by atoms with E-state index in [0.29, 0.717) is 5.92 Å². The van der Waals surface area contributed by atoms with Gasteiger partial charge >= 0.3 is 0 Å². The average Bonchev–Trinajstić information content (AvgIpc) is 2.57. The summed E-state index contributed by atoms with van der Waals surface area (Å²) in [5, 5.41) is 0. The zero-order valence-corrected chi connectivity index (χ0v) is 13.4. The van der Waals surface area contributed by atoms with Crippen molar-refractivity contribution in [3.8, 4) is 0 Å². The molecule has 23 heavy (non-hydrogen) atoms. The second-order valence-corrected chi connectivity index (χ2v) is 6.24. The number of amides is 1. The van der Waals surface area contributed by atoms with Crippen LogP contribution in [0.25, 0.3) is 0 Å². The van der Waals surface area contributed by atoms with Crippen LogP contribution in [0.15, 0.2) is 36.7 Å². The molecule has 1 aliphatic heterocycles. The number of hydrogen-bond donors (Lipinski definition) is 1. The van der Waals surface area contributed by atoms with Gasteiger partial charge in [0.2, 0.25) is 0 Å². The molecule has 1 aliphatic rings. The summed E-state index contributed by atoms with van der Waals surface area (Å²) in [6.45, 7) is 3.61. The lowest BCUT2D eigenvalue weighted by Crippen LogP contribution is -2.41. The third-order valence-corrected chi connectivity index (χ3v) is 4.38. The molecule has 0 bridgehead atoms. The van der Waals surface area contributed by atoms with Gasteiger partial charge in [-0.15, -0.1) is 0 Å². The topological polar surface area (TPSA) is 72.1 Å². The maximum atomic E-state index is 12.6. The number of nitrogens with zero attached hydrogens (tertiary/aromatic N) is 3. The number of nitrogens with two attached hydrogens (primary N) is 1. The van der Waals surface area contributed by atoms with Crippen LogP contribution in [-0.4, -0.2) is 33.9 Å². The van der Waals surface area contributed by atoms with Gasteiger partial charge in [-0.05, 0) is 37.7 Å². The molecule has 1 saturated heterocycles. The average molecular weight is 310 g/mol. The molecule has 1 atom stereocenters. The minimum Gasteiger partial charge on any atom is -0.382 e. The molecular formula is C18H22N4O. The van der Waals surface area contributed by atoms with E-state index in [4.69, 9.17) is 5.73 Å². The first-order valence-corrected chi connectivity index (χ1v) is 8.05. The minimum atomic E-state index is -0.107. The van der Waals surface area contributed by atoms with Crippen LogP contribution in [0, 0.1) is 12.8 Å². The fourth-order valence-electron chi connectivity index (χ4n) is 3.14. The van der Waals surface area contributed by atoms with Gasteiger partial charge in [0.25, 0.3) is 5.91 Å². The second kappa shape index (κ2) is 6.77. The van der Waals surface area contributed by atoms with Gasteiger partial charge in [-0.3, -0.25) is 4.79 Å². The van der Waals surface area contributed by atoms with Crippen LogP contribution < -0.4 is 5.73 Å². The van der Waals surface area contributed by atoms with Crippen LogP contribution in [0.4, 0.5) is 5.82 Å². The minimum absolute atomic E-state index is 0.107. The molecule has 120 valence electrons. The third kappa shape index (κ3) is 3.67. The molecule has 1 aromatic carbocycles. The molecule has 2 heterocycles. The number of rotatable bonds is 3.